The zero-order chi connectivity index (χ0) is 19.7. The molecule has 0 unspecified atom stereocenters. The number of aryl methyl sites for hydroxylation is 2. The second-order valence-electron chi connectivity index (χ2n) is 7.14. The Hall–Kier alpha value is -2.54. The molecule has 0 aliphatic heterocycles. The average molecular weight is 390 g/mol. The topological polar surface area (TPSA) is 73.8 Å². The molecule has 3 rings (SSSR count). The molecule has 0 fully saturated rings. The summed E-state index contributed by atoms with van der Waals surface area (Å²) in [7, 11) is 3.41. The number of imidazole rings is 1. The number of hydrogen-bond acceptors (Lipinski definition) is 4. The molecule has 2 heterocycles. The van der Waals surface area contributed by atoms with Gasteiger partial charge in [-0.2, -0.15) is 4.98 Å². The fraction of sp³-hybridized carbons (Fsp3) is 0.421. The van der Waals surface area contributed by atoms with E-state index in [0.29, 0.717) is 28.1 Å². The number of hydrogen-bond donors (Lipinski definition) is 1. The van der Waals surface area contributed by atoms with Crippen molar-refractivity contribution < 1.29 is 0 Å². The minimum Gasteiger partial charge on any atom is -0.356 e. The molecule has 0 radical (unpaired) electrons. The minimum absolute atomic E-state index is 0.156. The Morgan fingerprint density at radius 3 is 2.59 bits per heavy atom. The molecule has 0 atom stereocenters. The zero-order valence-corrected chi connectivity index (χ0v) is 16.7. The molecule has 144 valence electrons. The molecule has 0 amide bonds. The molecule has 0 bridgehead atoms. The van der Waals surface area contributed by atoms with Crippen LogP contribution in [0, 0.1) is 5.92 Å². The first kappa shape index (κ1) is 19.2. The summed E-state index contributed by atoms with van der Waals surface area (Å²) in [5, 5.41) is 3.82. The van der Waals surface area contributed by atoms with E-state index in [9.17, 15) is 9.59 Å². The Morgan fingerprint density at radius 2 is 1.93 bits per heavy atom. The van der Waals surface area contributed by atoms with E-state index in [4.69, 9.17) is 11.6 Å². The van der Waals surface area contributed by atoms with E-state index >= 15 is 0 Å². The third-order valence-electron chi connectivity index (χ3n) is 4.59. The number of halogens is 1. The second-order valence-corrected chi connectivity index (χ2v) is 7.58. The van der Waals surface area contributed by atoms with E-state index in [1.165, 1.54) is 9.13 Å². The van der Waals surface area contributed by atoms with Gasteiger partial charge in [0, 0.05) is 25.7 Å². The molecule has 0 saturated carbocycles. The van der Waals surface area contributed by atoms with E-state index in [1.54, 1.807) is 36.9 Å². The first-order valence-corrected chi connectivity index (χ1v) is 9.32. The van der Waals surface area contributed by atoms with Crippen molar-refractivity contribution in [3.8, 4) is 0 Å². The van der Waals surface area contributed by atoms with Crippen molar-refractivity contribution in [2.45, 2.75) is 26.8 Å². The molecule has 0 aliphatic carbocycles. The van der Waals surface area contributed by atoms with Gasteiger partial charge in [-0.1, -0.05) is 37.6 Å². The number of rotatable bonds is 6. The van der Waals surface area contributed by atoms with Crippen LogP contribution in [0.2, 0.25) is 5.02 Å². The number of anilines is 1. The van der Waals surface area contributed by atoms with Crippen molar-refractivity contribution >= 4 is 28.7 Å². The van der Waals surface area contributed by atoms with Crippen molar-refractivity contribution in [3.05, 3.63) is 55.7 Å². The average Bonchev–Trinajstić information content (AvgIpc) is 2.94. The van der Waals surface area contributed by atoms with Gasteiger partial charge in [0.2, 0.25) is 5.95 Å². The second kappa shape index (κ2) is 7.60. The van der Waals surface area contributed by atoms with Crippen LogP contribution >= 0.6 is 11.6 Å². The lowest BCUT2D eigenvalue weighted by Crippen LogP contribution is -2.39. The van der Waals surface area contributed by atoms with Gasteiger partial charge in [0.1, 0.15) is 0 Å². The van der Waals surface area contributed by atoms with Crippen LogP contribution in [0.1, 0.15) is 25.8 Å². The van der Waals surface area contributed by atoms with Crippen molar-refractivity contribution in [3.63, 3.8) is 0 Å². The Balaban J connectivity index is 2.07. The molecule has 0 spiro atoms. The summed E-state index contributed by atoms with van der Waals surface area (Å²) >= 11 is 6.02. The molecule has 1 N–H and O–H groups in total. The summed E-state index contributed by atoms with van der Waals surface area (Å²) in [5.41, 5.74) is 0.797. The maximum Gasteiger partial charge on any atom is 0.332 e. The summed E-state index contributed by atoms with van der Waals surface area (Å²) in [4.78, 5) is 30.2. The first-order chi connectivity index (χ1) is 12.8. The van der Waals surface area contributed by atoms with Crippen molar-refractivity contribution in [2.24, 2.45) is 20.0 Å². The largest absolute Gasteiger partial charge is 0.356 e. The highest BCUT2D eigenvalue weighted by Crippen LogP contribution is 2.15. The Bertz CT molecular complexity index is 1090. The Morgan fingerprint density at radius 1 is 1.19 bits per heavy atom. The fourth-order valence-corrected chi connectivity index (χ4v) is 3.24. The van der Waals surface area contributed by atoms with Crippen LogP contribution in [-0.2, 0) is 20.6 Å². The van der Waals surface area contributed by atoms with Crippen LogP contribution in [0.25, 0.3) is 11.2 Å². The fourth-order valence-electron chi connectivity index (χ4n) is 3.03. The monoisotopic (exact) mass is 389 g/mol. The van der Waals surface area contributed by atoms with Crippen molar-refractivity contribution in [1.82, 2.24) is 18.7 Å². The van der Waals surface area contributed by atoms with Crippen LogP contribution in [0.15, 0.2) is 33.9 Å². The smallest absolute Gasteiger partial charge is 0.332 e. The van der Waals surface area contributed by atoms with Crippen molar-refractivity contribution in [2.75, 3.05) is 11.9 Å². The number of nitrogens with one attached hydrogen (secondary N) is 1. The van der Waals surface area contributed by atoms with Gasteiger partial charge in [0.05, 0.1) is 6.54 Å². The lowest BCUT2D eigenvalue weighted by atomic mass is 10.1. The summed E-state index contributed by atoms with van der Waals surface area (Å²) in [6.45, 7) is 5.20. The molecule has 27 heavy (non-hydrogen) atoms. The van der Waals surface area contributed by atoms with Crippen LogP contribution in [-0.4, -0.2) is 25.2 Å². The predicted octanol–water partition coefficient (Wildman–Crippen LogP) is 2.59. The van der Waals surface area contributed by atoms with Crippen LogP contribution in [0.4, 0.5) is 5.95 Å². The number of fused-ring (bicyclic) bond motifs is 1. The number of nitrogens with zero attached hydrogens (tertiary/aromatic N) is 4. The molecule has 1 aromatic carbocycles. The predicted molar refractivity (Wildman–Crippen MR) is 109 cm³/mol. The molecular weight excluding hydrogens is 366 g/mol. The molecule has 0 aliphatic rings. The van der Waals surface area contributed by atoms with Gasteiger partial charge < -0.3 is 9.88 Å². The SMILES string of the molecule is CC(C)CCNc1nc2c(c(=O)n(Cc3cccc(Cl)c3)c(=O)n2C)n1C. The molecule has 3 aromatic rings. The molecule has 7 nitrogen and oxygen atoms in total. The van der Waals surface area contributed by atoms with Gasteiger partial charge in [0.15, 0.2) is 11.2 Å². The maximum atomic E-state index is 13.0. The van der Waals surface area contributed by atoms with E-state index in [0.717, 1.165) is 18.5 Å². The quantitative estimate of drug-likeness (QED) is 0.703. The van der Waals surface area contributed by atoms with Crippen molar-refractivity contribution in [1.29, 1.82) is 0 Å². The third kappa shape index (κ3) is 3.78. The molecular formula is C19H24ClN5O2. The summed E-state index contributed by atoms with van der Waals surface area (Å²) in [6.07, 6.45) is 0.987. The Kier molecular flexibility index (Phi) is 5.41. The summed E-state index contributed by atoms with van der Waals surface area (Å²) < 4.78 is 4.34. The van der Waals surface area contributed by atoms with Gasteiger partial charge in [-0.3, -0.25) is 13.9 Å². The van der Waals surface area contributed by atoms with E-state index in [-0.39, 0.29) is 12.1 Å². The highest BCUT2D eigenvalue weighted by Gasteiger charge is 2.18. The number of aromatic nitrogens is 4. The maximum absolute atomic E-state index is 13.0. The highest BCUT2D eigenvalue weighted by molar-refractivity contribution is 6.30. The molecule has 8 heteroatoms. The van der Waals surface area contributed by atoms with Gasteiger partial charge in [0.25, 0.3) is 5.56 Å². The van der Waals surface area contributed by atoms with Gasteiger partial charge in [-0.25, -0.2) is 4.79 Å². The van der Waals surface area contributed by atoms with Gasteiger partial charge >= 0.3 is 5.69 Å². The lowest BCUT2D eigenvalue weighted by Gasteiger charge is -2.09. The first-order valence-electron chi connectivity index (χ1n) is 8.94. The van der Waals surface area contributed by atoms with E-state index in [1.807, 2.05) is 6.07 Å². The zero-order valence-electron chi connectivity index (χ0n) is 16.0. The van der Waals surface area contributed by atoms with Gasteiger partial charge in [-0.15, -0.1) is 0 Å². The van der Waals surface area contributed by atoms with Crippen LogP contribution < -0.4 is 16.6 Å². The van der Waals surface area contributed by atoms with Gasteiger partial charge in [-0.05, 0) is 30.0 Å². The number of benzene rings is 1. The van der Waals surface area contributed by atoms with Crippen LogP contribution in [0.3, 0.4) is 0 Å². The Labute approximate surface area is 162 Å². The lowest BCUT2D eigenvalue weighted by molar-refractivity contribution is 0.605. The normalized spacial score (nSPS) is 11.5. The third-order valence-corrected chi connectivity index (χ3v) is 4.83. The standard InChI is InChI=1S/C19H24ClN5O2/c1-12(2)8-9-21-18-22-16-15(23(18)3)17(26)25(19(27)24(16)4)11-13-6-5-7-14(20)10-13/h5-7,10,12H,8-9,11H2,1-4H3,(H,21,22). The molecule has 2 aromatic heterocycles. The molecule has 0 saturated heterocycles. The van der Waals surface area contributed by atoms with Crippen LogP contribution in [0.5, 0.6) is 0 Å². The highest BCUT2D eigenvalue weighted by atomic mass is 35.5. The van der Waals surface area contributed by atoms with E-state index in [2.05, 4.69) is 24.1 Å². The summed E-state index contributed by atoms with van der Waals surface area (Å²) in [6, 6.07) is 7.14. The van der Waals surface area contributed by atoms with E-state index < -0.39 is 5.69 Å². The summed E-state index contributed by atoms with van der Waals surface area (Å²) in [5.74, 6) is 1.14. The minimum atomic E-state index is -0.403.